The fraction of sp³-hybridized carbons (Fsp3) is 0.276. The molecule has 11 heteroatoms. The molecule has 40 heavy (non-hydrogen) atoms. The van der Waals surface area contributed by atoms with Crippen molar-refractivity contribution in [3.63, 3.8) is 0 Å². The Balaban J connectivity index is 0.000000470. The molecule has 210 valence electrons. The number of rotatable bonds is 6. The molecule has 4 aromatic rings. The van der Waals surface area contributed by atoms with Crippen molar-refractivity contribution in [1.82, 2.24) is 15.3 Å². The zero-order valence-corrected chi connectivity index (χ0v) is 21.6. The van der Waals surface area contributed by atoms with Gasteiger partial charge in [-0.15, -0.1) is 0 Å². The molecule has 8 nitrogen and oxygen atoms in total. The zero-order valence-electron chi connectivity index (χ0n) is 21.6. The number of aromatic carboxylic acids is 1. The van der Waals surface area contributed by atoms with Crippen LogP contribution < -0.4 is 10.1 Å². The van der Waals surface area contributed by atoms with Gasteiger partial charge in [0.05, 0.1) is 17.7 Å². The van der Waals surface area contributed by atoms with Crippen molar-refractivity contribution < 1.29 is 37.7 Å². The van der Waals surface area contributed by atoms with E-state index in [2.05, 4.69) is 39.6 Å². The lowest BCUT2D eigenvalue weighted by Gasteiger charge is -2.22. The van der Waals surface area contributed by atoms with Crippen LogP contribution in [0.4, 0.5) is 13.2 Å². The van der Waals surface area contributed by atoms with E-state index in [9.17, 15) is 23.1 Å². The van der Waals surface area contributed by atoms with Gasteiger partial charge in [0.15, 0.2) is 0 Å². The second-order valence-electron chi connectivity index (χ2n) is 9.46. The number of fused-ring (bicyclic) bond motifs is 1. The molecule has 1 aliphatic rings. The number of carboxylic acid groups (broad SMARTS) is 2. The first kappa shape index (κ1) is 28.6. The summed E-state index contributed by atoms with van der Waals surface area (Å²) >= 11 is 0. The summed E-state index contributed by atoms with van der Waals surface area (Å²) in [6.07, 6.45) is -2.76. The van der Waals surface area contributed by atoms with Gasteiger partial charge >= 0.3 is 18.1 Å². The van der Waals surface area contributed by atoms with Gasteiger partial charge < -0.3 is 25.3 Å². The van der Waals surface area contributed by atoms with Crippen molar-refractivity contribution >= 4 is 23.0 Å². The van der Waals surface area contributed by atoms with Crippen LogP contribution in [0.1, 0.15) is 29.0 Å². The van der Waals surface area contributed by atoms with Gasteiger partial charge in [-0.1, -0.05) is 36.4 Å². The van der Waals surface area contributed by atoms with E-state index < -0.39 is 18.1 Å². The van der Waals surface area contributed by atoms with Crippen LogP contribution >= 0.6 is 0 Å². The van der Waals surface area contributed by atoms with Crippen LogP contribution in [-0.2, 0) is 4.79 Å². The number of hydrogen-bond acceptors (Lipinski definition) is 5. The summed E-state index contributed by atoms with van der Waals surface area (Å²) in [6.45, 7) is 4.72. The number of carboxylic acids is 2. The van der Waals surface area contributed by atoms with Crippen LogP contribution in [0.15, 0.2) is 60.7 Å². The lowest BCUT2D eigenvalue weighted by molar-refractivity contribution is -0.192. The summed E-state index contributed by atoms with van der Waals surface area (Å²) in [6, 6.07) is 20.0. The fourth-order valence-corrected chi connectivity index (χ4v) is 4.45. The van der Waals surface area contributed by atoms with E-state index in [1.807, 2.05) is 37.3 Å². The highest BCUT2D eigenvalue weighted by molar-refractivity contribution is 6.03. The number of hydrogen-bond donors (Lipinski definition) is 4. The lowest BCUT2D eigenvalue weighted by atomic mass is 9.98. The van der Waals surface area contributed by atoms with E-state index in [-0.39, 0.29) is 5.56 Å². The van der Waals surface area contributed by atoms with Crippen LogP contribution in [0.25, 0.3) is 33.3 Å². The number of aromatic nitrogens is 2. The Labute approximate surface area is 227 Å². The fourth-order valence-electron chi connectivity index (χ4n) is 4.45. The number of benzene rings is 3. The summed E-state index contributed by atoms with van der Waals surface area (Å²) in [5.74, 6) is -1.54. The maximum absolute atomic E-state index is 11.8. The maximum atomic E-state index is 11.8. The van der Waals surface area contributed by atoms with Crippen molar-refractivity contribution in [2.75, 3.05) is 19.7 Å². The van der Waals surface area contributed by atoms with Crippen LogP contribution in [0, 0.1) is 12.8 Å². The van der Waals surface area contributed by atoms with E-state index in [0.29, 0.717) is 17.3 Å². The molecule has 0 saturated carbocycles. The van der Waals surface area contributed by atoms with Gasteiger partial charge in [-0.3, -0.25) is 0 Å². The van der Waals surface area contributed by atoms with Gasteiger partial charge in [-0.2, -0.15) is 13.2 Å². The Morgan fingerprint density at radius 3 is 2.17 bits per heavy atom. The predicted octanol–water partition coefficient (Wildman–Crippen LogP) is 5.92. The Bertz CT molecular complexity index is 1490. The van der Waals surface area contributed by atoms with E-state index in [4.69, 9.17) is 14.6 Å². The standard InChI is InChI=1S/C27H27N3O3.C2HF3O2/c1-17-29-25-15-22(14-24(27(31)32)26(25)30-17)20-7-5-19(6-8-20)21-3-2-4-23(13-21)33-16-18-9-11-28-12-10-18;3-2(4,5)1(6)7/h2-8,13-15,18,28H,9-12,16H2,1H3,(H,29,30)(H,31,32);(H,6,7). The zero-order chi connectivity index (χ0) is 28.9. The van der Waals surface area contributed by atoms with Crippen molar-refractivity contribution in [3.05, 3.63) is 72.1 Å². The first-order chi connectivity index (χ1) is 19.0. The normalized spacial score (nSPS) is 13.9. The highest BCUT2D eigenvalue weighted by Crippen LogP contribution is 2.30. The summed E-state index contributed by atoms with van der Waals surface area (Å²) in [5.41, 5.74) is 5.39. The molecule has 2 heterocycles. The molecular formula is C29H28F3N3O5. The Hall–Kier alpha value is -4.38. The number of aromatic amines is 1. The number of H-pyrrole nitrogens is 1. The minimum atomic E-state index is -5.08. The molecule has 0 atom stereocenters. The molecule has 0 aliphatic carbocycles. The van der Waals surface area contributed by atoms with Gasteiger partial charge in [-0.25, -0.2) is 14.6 Å². The van der Waals surface area contributed by atoms with Crippen LogP contribution in [0.3, 0.4) is 0 Å². The van der Waals surface area contributed by atoms with Gasteiger partial charge in [0.1, 0.15) is 17.1 Å². The largest absolute Gasteiger partial charge is 0.493 e. The van der Waals surface area contributed by atoms with Crippen molar-refractivity contribution in [1.29, 1.82) is 0 Å². The van der Waals surface area contributed by atoms with Gasteiger partial charge in [-0.05, 0) is 85.3 Å². The van der Waals surface area contributed by atoms with E-state index in [1.54, 1.807) is 6.07 Å². The first-order valence-corrected chi connectivity index (χ1v) is 12.6. The molecule has 4 N–H and O–H groups in total. The van der Waals surface area contributed by atoms with E-state index in [0.717, 1.165) is 66.1 Å². The van der Waals surface area contributed by atoms with Crippen LogP contribution in [-0.4, -0.2) is 58.0 Å². The van der Waals surface area contributed by atoms with Crippen molar-refractivity contribution in [2.24, 2.45) is 5.92 Å². The maximum Gasteiger partial charge on any atom is 0.490 e. The Morgan fingerprint density at radius 2 is 1.57 bits per heavy atom. The molecule has 0 unspecified atom stereocenters. The number of aryl methyl sites for hydroxylation is 1. The third-order valence-electron chi connectivity index (χ3n) is 6.51. The monoisotopic (exact) mass is 555 g/mol. The van der Waals surface area contributed by atoms with Crippen LogP contribution in [0.2, 0.25) is 0 Å². The number of imidazole rings is 1. The molecule has 5 rings (SSSR count). The average Bonchev–Trinajstić information content (AvgIpc) is 3.32. The highest BCUT2D eigenvalue weighted by Gasteiger charge is 2.38. The first-order valence-electron chi connectivity index (χ1n) is 12.6. The molecule has 3 aromatic carbocycles. The second-order valence-corrected chi connectivity index (χ2v) is 9.46. The summed E-state index contributed by atoms with van der Waals surface area (Å²) < 4.78 is 37.8. The minimum absolute atomic E-state index is 0.203. The molecule has 1 fully saturated rings. The number of piperidine rings is 1. The summed E-state index contributed by atoms with van der Waals surface area (Å²) in [5, 5.41) is 20.2. The Morgan fingerprint density at radius 1 is 0.950 bits per heavy atom. The van der Waals surface area contributed by atoms with E-state index >= 15 is 0 Å². The third kappa shape index (κ3) is 7.17. The summed E-state index contributed by atoms with van der Waals surface area (Å²) in [7, 11) is 0. The quantitative estimate of drug-likeness (QED) is 0.233. The molecular weight excluding hydrogens is 527 g/mol. The number of nitrogens with zero attached hydrogens (tertiary/aromatic N) is 1. The molecule has 0 spiro atoms. The highest BCUT2D eigenvalue weighted by atomic mass is 19.4. The Kier molecular flexibility index (Phi) is 8.73. The second kappa shape index (κ2) is 12.2. The minimum Gasteiger partial charge on any atom is -0.493 e. The smallest absolute Gasteiger partial charge is 0.490 e. The van der Waals surface area contributed by atoms with Crippen molar-refractivity contribution in [2.45, 2.75) is 25.9 Å². The predicted molar refractivity (Wildman–Crippen MR) is 143 cm³/mol. The number of halogens is 3. The number of carbonyl (C=O) groups is 2. The third-order valence-corrected chi connectivity index (χ3v) is 6.51. The average molecular weight is 556 g/mol. The molecule has 1 saturated heterocycles. The topological polar surface area (TPSA) is 125 Å². The molecule has 1 aromatic heterocycles. The number of alkyl halides is 3. The lowest BCUT2D eigenvalue weighted by Crippen LogP contribution is -2.30. The molecule has 0 bridgehead atoms. The molecule has 1 aliphatic heterocycles. The van der Waals surface area contributed by atoms with Crippen LogP contribution in [0.5, 0.6) is 5.75 Å². The van der Waals surface area contributed by atoms with Gasteiger partial charge in [0, 0.05) is 0 Å². The number of ether oxygens (including phenoxy) is 1. The number of nitrogens with one attached hydrogen (secondary N) is 2. The van der Waals surface area contributed by atoms with Gasteiger partial charge in [0.25, 0.3) is 0 Å². The summed E-state index contributed by atoms with van der Waals surface area (Å²) in [4.78, 5) is 28.1. The molecule has 0 amide bonds. The SMILES string of the molecule is Cc1nc2c(C(=O)O)cc(-c3ccc(-c4cccc(OCC5CCNCC5)c4)cc3)cc2[nH]1.O=C(O)C(F)(F)F. The van der Waals surface area contributed by atoms with Crippen molar-refractivity contribution in [3.8, 4) is 28.0 Å². The number of aliphatic carboxylic acids is 1. The molecule has 0 radical (unpaired) electrons. The van der Waals surface area contributed by atoms with Gasteiger partial charge in [0.2, 0.25) is 0 Å². The van der Waals surface area contributed by atoms with E-state index in [1.165, 1.54) is 0 Å².